The SMILES string of the molecule is N#CCN1C(=O)c2ccc(NC(=O)c3ccc(-c4ccccc4O)cc3)cc2C1=O. The molecular weight excluding hydrogens is 382 g/mol. The number of fused-ring (bicyclic) bond motifs is 1. The molecule has 0 saturated heterocycles. The molecule has 30 heavy (non-hydrogen) atoms. The van der Waals surface area contributed by atoms with Crippen molar-refractivity contribution in [1.82, 2.24) is 4.90 Å². The van der Waals surface area contributed by atoms with E-state index in [-0.39, 0.29) is 29.3 Å². The largest absolute Gasteiger partial charge is 0.507 e. The summed E-state index contributed by atoms with van der Waals surface area (Å²) in [6.45, 7) is -0.322. The van der Waals surface area contributed by atoms with E-state index < -0.39 is 11.8 Å². The van der Waals surface area contributed by atoms with Crippen molar-refractivity contribution in [1.29, 1.82) is 5.26 Å². The Hall–Kier alpha value is -4.44. The highest BCUT2D eigenvalue weighted by molar-refractivity contribution is 6.22. The maximum Gasteiger partial charge on any atom is 0.262 e. The number of carbonyl (C=O) groups is 3. The number of phenols is 1. The van der Waals surface area contributed by atoms with E-state index in [0.717, 1.165) is 10.5 Å². The van der Waals surface area contributed by atoms with E-state index in [9.17, 15) is 19.5 Å². The Morgan fingerprint density at radius 3 is 2.33 bits per heavy atom. The zero-order valence-electron chi connectivity index (χ0n) is 15.6. The fourth-order valence-electron chi connectivity index (χ4n) is 3.30. The molecule has 0 aromatic heterocycles. The molecule has 2 N–H and O–H groups in total. The number of nitrogens with zero attached hydrogens (tertiary/aromatic N) is 2. The molecule has 0 aliphatic carbocycles. The number of para-hydroxylation sites is 1. The lowest BCUT2D eigenvalue weighted by Crippen LogP contribution is -2.29. The fourth-order valence-corrected chi connectivity index (χ4v) is 3.30. The van der Waals surface area contributed by atoms with E-state index >= 15 is 0 Å². The van der Waals surface area contributed by atoms with Gasteiger partial charge in [-0.2, -0.15) is 5.26 Å². The first-order valence-electron chi connectivity index (χ1n) is 9.06. The highest BCUT2D eigenvalue weighted by atomic mass is 16.3. The molecule has 0 radical (unpaired) electrons. The van der Waals surface area contributed by atoms with Crippen LogP contribution in [0.1, 0.15) is 31.1 Å². The van der Waals surface area contributed by atoms with E-state index in [2.05, 4.69) is 5.32 Å². The van der Waals surface area contributed by atoms with E-state index in [4.69, 9.17) is 5.26 Å². The lowest BCUT2D eigenvalue weighted by Gasteiger charge is -2.08. The Balaban J connectivity index is 1.53. The van der Waals surface area contributed by atoms with Gasteiger partial charge in [-0.3, -0.25) is 19.3 Å². The van der Waals surface area contributed by atoms with Crippen LogP contribution < -0.4 is 5.32 Å². The number of aromatic hydroxyl groups is 1. The molecule has 0 bridgehead atoms. The van der Waals surface area contributed by atoms with Gasteiger partial charge in [0.25, 0.3) is 17.7 Å². The van der Waals surface area contributed by atoms with Gasteiger partial charge < -0.3 is 10.4 Å². The summed E-state index contributed by atoms with van der Waals surface area (Å²) < 4.78 is 0. The minimum Gasteiger partial charge on any atom is -0.507 e. The third-order valence-corrected chi connectivity index (χ3v) is 4.82. The topological polar surface area (TPSA) is 110 Å². The predicted molar refractivity (Wildman–Crippen MR) is 109 cm³/mol. The molecule has 0 spiro atoms. The number of hydrogen-bond acceptors (Lipinski definition) is 5. The zero-order valence-corrected chi connectivity index (χ0v) is 15.6. The van der Waals surface area contributed by atoms with Gasteiger partial charge in [0.05, 0.1) is 17.2 Å². The Kier molecular flexibility index (Phi) is 4.74. The number of nitriles is 1. The van der Waals surface area contributed by atoms with Crippen LogP contribution in [0.4, 0.5) is 5.69 Å². The number of benzene rings is 3. The van der Waals surface area contributed by atoms with Gasteiger partial charge >= 0.3 is 0 Å². The lowest BCUT2D eigenvalue weighted by atomic mass is 10.0. The molecule has 7 heteroatoms. The maximum atomic E-state index is 12.6. The molecule has 1 aliphatic rings. The fraction of sp³-hybridized carbons (Fsp3) is 0.0435. The molecule has 3 aromatic carbocycles. The van der Waals surface area contributed by atoms with Gasteiger partial charge in [-0.25, -0.2) is 0 Å². The summed E-state index contributed by atoms with van der Waals surface area (Å²) in [6.07, 6.45) is 0. The zero-order chi connectivity index (χ0) is 21.3. The molecule has 0 atom stereocenters. The molecule has 0 saturated carbocycles. The van der Waals surface area contributed by atoms with Crippen molar-refractivity contribution >= 4 is 23.4 Å². The van der Waals surface area contributed by atoms with Crippen molar-refractivity contribution in [3.63, 3.8) is 0 Å². The van der Waals surface area contributed by atoms with E-state index in [0.29, 0.717) is 16.8 Å². The van der Waals surface area contributed by atoms with Crippen LogP contribution in [-0.4, -0.2) is 34.3 Å². The van der Waals surface area contributed by atoms with E-state index in [1.165, 1.54) is 18.2 Å². The summed E-state index contributed by atoms with van der Waals surface area (Å²) in [6, 6.07) is 19.9. The molecule has 0 fully saturated rings. The summed E-state index contributed by atoms with van der Waals surface area (Å²) in [7, 11) is 0. The average molecular weight is 397 g/mol. The van der Waals surface area contributed by atoms with Crippen molar-refractivity contribution in [2.75, 3.05) is 11.9 Å². The Labute approximate surface area is 171 Å². The number of nitrogens with one attached hydrogen (secondary N) is 1. The summed E-state index contributed by atoms with van der Waals surface area (Å²) in [5.41, 5.74) is 2.55. The monoisotopic (exact) mass is 397 g/mol. The van der Waals surface area contributed by atoms with Crippen molar-refractivity contribution in [3.8, 4) is 22.9 Å². The lowest BCUT2D eigenvalue weighted by molar-refractivity contribution is 0.0673. The van der Waals surface area contributed by atoms with Gasteiger partial charge in [0, 0.05) is 16.8 Å². The standard InChI is InChI=1S/C23H15N3O4/c24-11-12-26-22(29)18-10-9-16(13-19(18)23(26)30)25-21(28)15-7-5-14(6-8-15)17-3-1-2-4-20(17)27/h1-10,13,27H,12H2,(H,25,28). The molecule has 1 heterocycles. The average Bonchev–Trinajstić information content (AvgIpc) is 2.99. The van der Waals surface area contributed by atoms with Crippen molar-refractivity contribution < 1.29 is 19.5 Å². The van der Waals surface area contributed by atoms with Gasteiger partial charge in [-0.05, 0) is 42.0 Å². The second kappa shape index (κ2) is 7.53. The minimum atomic E-state index is -0.556. The van der Waals surface area contributed by atoms with E-state index in [1.807, 2.05) is 6.07 Å². The molecule has 3 aromatic rings. The smallest absolute Gasteiger partial charge is 0.262 e. The summed E-state index contributed by atoms with van der Waals surface area (Å²) in [5, 5.41) is 21.4. The molecular formula is C23H15N3O4. The van der Waals surface area contributed by atoms with Crippen molar-refractivity contribution in [2.24, 2.45) is 0 Å². The molecule has 7 nitrogen and oxygen atoms in total. The number of anilines is 1. The highest BCUT2D eigenvalue weighted by Crippen LogP contribution is 2.29. The Morgan fingerprint density at radius 2 is 1.63 bits per heavy atom. The molecule has 1 aliphatic heterocycles. The number of hydrogen-bond donors (Lipinski definition) is 2. The normalized spacial score (nSPS) is 12.4. The van der Waals surface area contributed by atoms with Crippen LogP contribution in [0.2, 0.25) is 0 Å². The van der Waals surface area contributed by atoms with Crippen LogP contribution >= 0.6 is 0 Å². The molecule has 3 amide bonds. The van der Waals surface area contributed by atoms with Gasteiger partial charge in [-0.1, -0.05) is 30.3 Å². The van der Waals surface area contributed by atoms with Gasteiger partial charge in [0.15, 0.2) is 0 Å². The Morgan fingerprint density at radius 1 is 0.933 bits per heavy atom. The van der Waals surface area contributed by atoms with Crippen LogP contribution in [0.25, 0.3) is 11.1 Å². The first-order valence-corrected chi connectivity index (χ1v) is 9.06. The third-order valence-electron chi connectivity index (χ3n) is 4.82. The van der Waals surface area contributed by atoms with Crippen molar-refractivity contribution in [3.05, 3.63) is 83.4 Å². The third kappa shape index (κ3) is 3.27. The first-order chi connectivity index (χ1) is 14.5. The molecule has 146 valence electrons. The summed E-state index contributed by atoms with van der Waals surface area (Å²) in [5.74, 6) is -1.31. The van der Waals surface area contributed by atoms with Gasteiger partial charge in [0.2, 0.25) is 0 Å². The highest BCUT2D eigenvalue weighted by Gasteiger charge is 2.35. The minimum absolute atomic E-state index is 0.150. The Bertz CT molecular complexity index is 1230. The first kappa shape index (κ1) is 18.9. The van der Waals surface area contributed by atoms with Crippen molar-refractivity contribution in [2.45, 2.75) is 0 Å². The van der Waals surface area contributed by atoms with Gasteiger partial charge in [0.1, 0.15) is 12.3 Å². The number of carbonyl (C=O) groups excluding carboxylic acids is 3. The van der Waals surface area contributed by atoms with Gasteiger partial charge in [-0.15, -0.1) is 0 Å². The number of phenolic OH excluding ortho intramolecular Hbond substituents is 1. The second-order valence-corrected chi connectivity index (χ2v) is 6.66. The molecule has 4 rings (SSSR count). The van der Waals surface area contributed by atoms with Crippen LogP contribution in [0.15, 0.2) is 66.7 Å². The molecule has 0 unspecified atom stereocenters. The maximum absolute atomic E-state index is 12.6. The number of amides is 3. The quantitative estimate of drug-likeness (QED) is 0.518. The van der Waals surface area contributed by atoms with Crippen LogP contribution in [0, 0.1) is 11.3 Å². The number of rotatable bonds is 4. The summed E-state index contributed by atoms with van der Waals surface area (Å²) >= 11 is 0. The predicted octanol–water partition coefficient (Wildman–Crippen LogP) is 3.43. The summed E-state index contributed by atoms with van der Waals surface area (Å²) in [4.78, 5) is 37.9. The van der Waals surface area contributed by atoms with Crippen LogP contribution in [-0.2, 0) is 0 Å². The number of imide groups is 1. The second-order valence-electron chi connectivity index (χ2n) is 6.66. The van der Waals surface area contributed by atoms with Crippen LogP contribution in [0.5, 0.6) is 5.75 Å². The van der Waals surface area contributed by atoms with Crippen LogP contribution in [0.3, 0.4) is 0 Å². The van der Waals surface area contributed by atoms with E-state index in [1.54, 1.807) is 48.5 Å².